The number of hydrogen-bond acceptors (Lipinski definition) is 3. The quantitative estimate of drug-likeness (QED) is 0.473. The normalized spacial score (nSPS) is 13.8. The van der Waals surface area contributed by atoms with Crippen LogP contribution < -0.4 is 6.15 Å². The van der Waals surface area contributed by atoms with E-state index in [4.69, 9.17) is 0 Å². The zero-order chi connectivity index (χ0) is 13.6. The van der Waals surface area contributed by atoms with Crippen molar-refractivity contribution in [3.05, 3.63) is 0 Å². The summed E-state index contributed by atoms with van der Waals surface area (Å²) < 4.78 is 0. The fourth-order valence-corrected chi connectivity index (χ4v) is 2.74. The van der Waals surface area contributed by atoms with Crippen LogP contribution in [0.5, 0.6) is 0 Å². The maximum Gasteiger partial charge on any atom is 0.0851 e. The Labute approximate surface area is 126 Å². The van der Waals surface area contributed by atoms with Gasteiger partial charge < -0.3 is 11.1 Å². The van der Waals surface area contributed by atoms with Gasteiger partial charge in [0.05, 0.1) is 12.9 Å². The van der Waals surface area contributed by atoms with Crippen LogP contribution in [0.4, 0.5) is 0 Å². The highest BCUT2D eigenvalue weighted by Crippen LogP contribution is 2.12. The van der Waals surface area contributed by atoms with Crippen molar-refractivity contribution in [2.75, 3.05) is 19.6 Å². The lowest BCUT2D eigenvalue weighted by Gasteiger charge is -2.12. The Morgan fingerprint density at radius 1 is 0.800 bits per heavy atom. The Kier molecular flexibility index (Phi) is 14.4. The molecule has 0 radical (unpaired) electrons. The molecule has 1 aliphatic rings. The second kappa shape index (κ2) is 14.8. The average Bonchev–Trinajstić information content (AvgIpc) is 2.93. The molecule has 3 nitrogen and oxygen atoms in total. The molecule has 0 bridgehead atoms. The van der Waals surface area contributed by atoms with Gasteiger partial charge in [0.2, 0.25) is 0 Å². The smallest absolute Gasteiger partial charge is 0.0851 e. The van der Waals surface area contributed by atoms with Crippen LogP contribution in [-0.4, -0.2) is 30.9 Å². The van der Waals surface area contributed by atoms with Crippen molar-refractivity contribution in [3.63, 3.8) is 0 Å². The molecule has 120 valence electrons. The molecule has 0 spiro atoms. The van der Waals surface area contributed by atoms with Gasteiger partial charge in [-0.2, -0.15) is 0 Å². The van der Waals surface area contributed by atoms with E-state index in [0.717, 1.165) is 13.1 Å². The van der Waals surface area contributed by atoms with Crippen LogP contribution in [0.15, 0.2) is 4.99 Å². The van der Waals surface area contributed by atoms with Crippen LogP contribution in [-0.2, 0) is 0 Å². The van der Waals surface area contributed by atoms with Crippen LogP contribution in [0.1, 0.15) is 84.0 Å². The lowest BCUT2D eigenvalue weighted by molar-refractivity contribution is 0.438. The molecular formula is C17H37N3. The van der Waals surface area contributed by atoms with Crippen molar-refractivity contribution < 1.29 is 0 Å². The second-order valence-corrected chi connectivity index (χ2v) is 5.95. The molecule has 0 aromatic carbocycles. The minimum Gasteiger partial charge on any atom is -0.361 e. The van der Waals surface area contributed by atoms with E-state index in [1.807, 2.05) is 6.34 Å². The topological polar surface area (TPSA) is 50.6 Å². The third-order valence-corrected chi connectivity index (χ3v) is 4.06. The first kappa shape index (κ1) is 19.4. The first-order chi connectivity index (χ1) is 9.43. The van der Waals surface area contributed by atoms with E-state index in [2.05, 4.69) is 16.8 Å². The summed E-state index contributed by atoms with van der Waals surface area (Å²) in [7, 11) is 0. The van der Waals surface area contributed by atoms with E-state index in [1.165, 1.54) is 83.6 Å². The first-order valence-electron chi connectivity index (χ1n) is 8.67. The molecule has 0 aromatic rings. The molecule has 0 saturated heterocycles. The number of nitrogens with zero attached hydrogens (tertiary/aromatic N) is 2. The zero-order valence-corrected chi connectivity index (χ0v) is 13.8. The molecule has 0 aliphatic carbocycles. The van der Waals surface area contributed by atoms with E-state index < -0.39 is 0 Å². The molecule has 0 saturated carbocycles. The third-order valence-electron chi connectivity index (χ3n) is 4.06. The highest BCUT2D eigenvalue weighted by Gasteiger charge is 2.03. The molecule has 0 unspecified atom stereocenters. The number of hydrogen-bond donors (Lipinski definition) is 1. The fraction of sp³-hybridized carbons (Fsp3) is 0.941. The molecule has 3 heteroatoms. The summed E-state index contributed by atoms with van der Waals surface area (Å²) in [6.07, 6.45) is 19.2. The van der Waals surface area contributed by atoms with Crippen LogP contribution in [0.25, 0.3) is 0 Å². The lowest BCUT2D eigenvalue weighted by atomic mass is 10.1. The van der Waals surface area contributed by atoms with Gasteiger partial charge in [0.25, 0.3) is 0 Å². The van der Waals surface area contributed by atoms with Crippen molar-refractivity contribution in [3.8, 4) is 0 Å². The molecule has 0 fully saturated rings. The van der Waals surface area contributed by atoms with Crippen molar-refractivity contribution in [2.45, 2.75) is 84.0 Å². The van der Waals surface area contributed by atoms with Gasteiger partial charge in [-0.1, -0.05) is 77.6 Å². The summed E-state index contributed by atoms with van der Waals surface area (Å²) in [5.41, 5.74) is 0. The fourth-order valence-electron chi connectivity index (χ4n) is 2.74. The molecule has 0 aromatic heterocycles. The van der Waals surface area contributed by atoms with Crippen molar-refractivity contribution >= 4 is 6.34 Å². The van der Waals surface area contributed by atoms with Crippen LogP contribution in [0.3, 0.4) is 0 Å². The monoisotopic (exact) mass is 283 g/mol. The third kappa shape index (κ3) is 11.3. The molecule has 0 amide bonds. The minimum absolute atomic E-state index is 0. The highest BCUT2D eigenvalue weighted by atomic mass is 15.2. The molecule has 1 aliphatic heterocycles. The minimum atomic E-state index is 0. The summed E-state index contributed by atoms with van der Waals surface area (Å²) in [4.78, 5) is 6.60. The largest absolute Gasteiger partial charge is 0.361 e. The molecule has 3 N–H and O–H groups in total. The molecule has 0 atom stereocenters. The summed E-state index contributed by atoms with van der Waals surface area (Å²) in [5, 5.41) is 0. The Bertz CT molecular complexity index is 216. The number of unbranched alkanes of at least 4 members (excludes halogenated alkanes) is 11. The summed E-state index contributed by atoms with van der Waals surface area (Å²) in [5.74, 6) is 0. The number of aliphatic imine (C=N–C) groups is 1. The second-order valence-electron chi connectivity index (χ2n) is 5.95. The predicted octanol–water partition coefficient (Wildman–Crippen LogP) is 5.19. The van der Waals surface area contributed by atoms with E-state index in [9.17, 15) is 0 Å². The van der Waals surface area contributed by atoms with Crippen molar-refractivity contribution in [1.82, 2.24) is 11.1 Å². The van der Waals surface area contributed by atoms with E-state index >= 15 is 0 Å². The van der Waals surface area contributed by atoms with Crippen molar-refractivity contribution in [1.29, 1.82) is 0 Å². The summed E-state index contributed by atoms with van der Waals surface area (Å²) >= 11 is 0. The van der Waals surface area contributed by atoms with Crippen LogP contribution in [0.2, 0.25) is 0 Å². The Morgan fingerprint density at radius 3 is 1.75 bits per heavy atom. The van der Waals surface area contributed by atoms with Gasteiger partial charge in [-0.3, -0.25) is 4.99 Å². The first-order valence-corrected chi connectivity index (χ1v) is 8.67. The Hall–Kier alpha value is -0.570. The van der Waals surface area contributed by atoms with E-state index in [1.54, 1.807) is 0 Å². The predicted molar refractivity (Wildman–Crippen MR) is 91.0 cm³/mol. The van der Waals surface area contributed by atoms with Crippen molar-refractivity contribution in [2.24, 2.45) is 4.99 Å². The maximum atomic E-state index is 4.24. The molecular weight excluding hydrogens is 246 g/mol. The summed E-state index contributed by atoms with van der Waals surface area (Å²) in [6, 6.07) is 0. The van der Waals surface area contributed by atoms with Gasteiger partial charge in [0.15, 0.2) is 0 Å². The van der Waals surface area contributed by atoms with Gasteiger partial charge in [-0.05, 0) is 6.42 Å². The Morgan fingerprint density at radius 2 is 1.30 bits per heavy atom. The average molecular weight is 284 g/mol. The standard InChI is InChI=1S/C17H34N2.H3N/c1-2-3-4-5-6-7-8-9-10-11-12-13-15-19-16-14-18-17-19;/h17H,2-16H2,1H3;1H3. The van der Waals surface area contributed by atoms with E-state index in [0.29, 0.717) is 0 Å². The molecule has 1 heterocycles. The van der Waals surface area contributed by atoms with Gasteiger partial charge in [0.1, 0.15) is 0 Å². The van der Waals surface area contributed by atoms with Gasteiger partial charge >= 0.3 is 0 Å². The zero-order valence-electron chi connectivity index (χ0n) is 13.8. The SMILES string of the molecule is CCCCCCCCCCCCCCN1C=NCC1.N. The number of rotatable bonds is 13. The van der Waals surface area contributed by atoms with Gasteiger partial charge in [-0.25, -0.2) is 0 Å². The highest BCUT2D eigenvalue weighted by molar-refractivity contribution is 5.56. The lowest BCUT2D eigenvalue weighted by Crippen LogP contribution is -2.20. The van der Waals surface area contributed by atoms with Gasteiger partial charge in [-0.15, -0.1) is 0 Å². The van der Waals surface area contributed by atoms with E-state index in [-0.39, 0.29) is 6.15 Å². The molecule has 20 heavy (non-hydrogen) atoms. The Balaban J connectivity index is 0.00000361. The van der Waals surface area contributed by atoms with Crippen LogP contribution in [0, 0.1) is 0 Å². The van der Waals surface area contributed by atoms with Crippen LogP contribution >= 0.6 is 0 Å². The van der Waals surface area contributed by atoms with Gasteiger partial charge in [0, 0.05) is 13.1 Å². The maximum absolute atomic E-state index is 4.24. The summed E-state index contributed by atoms with van der Waals surface area (Å²) in [6.45, 7) is 5.67. The molecule has 1 rings (SSSR count).